The highest BCUT2D eigenvalue weighted by Crippen LogP contribution is 2.29. The van der Waals surface area contributed by atoms with Gasteiger partial charge in [-0.1, -0.05) is 30.3 Å². The molecule has 0 bridgehead atoms. The molecule has 11 heteroatoms. The van der Waals surface area contributed by atoms with Gasteiger partial charge in [0.05, 0.1) is 24.7 Å². The Balaban J connectivity index is 2.11. The highest BCUT2D eigenvalue weighted by Gasteiger charge is 2.29. The normalized spacial score (nSPS) is 13.2. The highest BCUT2D eigenvalue weighted by atomic mass is 32.2. The van der Waals surface area contributed by atoms with E-state index in [-0.39, 0.29) is 13.0 Å². The van der Waals surface area contributed by atoms with Crippen LogP contribution >= 0.6 is 0 Å². The SMILES string of the molecule is CC(C)(NC(=O)C(F)F)OC(CCF)c1ccc(-c2ccc(COS(C)(=O)=O)nc2)cc1. The van der Waals surface area contributed by atoms with Gasteiger partial charge >= 0.3 is 6.43 Å². The molecule has 1 heterocycles. The Kier molecular flexibility index (Phi) is 8.76. The molecule has 2 aromatic rings. The van der Waals surface area contributed by atoms with Crippen molar-refractivity contribution in [3.63, 3.8) is 0 Å². The summed E-state index contributed by atoms with van der Waals surface area (Å²) < 4.78 is 70.7. The number of hydrogen-bond acceptors (Lipinski definition) is 6. The Labute approximate surface area is 185 Å². The van der Waals surface area contributed by atoms with E-state index >= 15 is 0 Å². The van der Waals surface area contributed by atoms with Crippen molar-refractivity contribution >= 4 is 16.0 Å². The maximum atomic E-state index is 13.1. The predicted molar refractivity (Wildman–Crippen MR) is 112 cm³/mol. The molecule has 1 aromatic carbocycles. The lowest BCUT2D eigenvalue weighted by Gasteiger charge is -2.31. The summed E-state index contributed by atoms with van der Waals surface area (Å²) in [5, 5.41) is 2.09. The molecule has 0 saturated heterocycles. The average molecular weight is 475 g/mol. The molecule has 0 spiro atoms. The van der Waals surface area contributed by atoms with Gasteiger partial charge in [0.1, 0.15) is 12.3 Å². The number of halogens is 3. The van der Waals surface area contributed by atoms with Crippen LogP contribution in [-0.2, 0) is 30.4 Å². The fourth-order valence-corrected chi connectivity index (χ4v) is 3.20. The number of pyridine rings is 1. The molecule has 1 unspecified atom stereocenters. The van der Waals surface area contributed by atoms with Crippen LogP contribution in [0.4, 0.5) is 13.2 Å². The highest BCUT2D eigenvalue weighted by molar-refractivity contribution is 7.85. The zero-order valence-electron chi connectivity index (χ0n) is 17.8. The summed E-state index contributed by atoms with van der Waals surface area (Å²) in [6.07, 6.45) is -1.46. The monoisotopic (exact) mass is 474 g/mol. The van der Waals surface area contributed by atoms with Crippen molar-refractivity contribution in [2.75, 3.05) is 12.9 Å². The van der Waals surface area contributed by atoms with E-state index in [1.54, 1.807) is 42.6 Å². The summed E-state index contributed by atoms with van der Waals surface area (Å²) >= 11 is 0. The molecule has 0 aliphatic rings. The van der Waals surface area contributed by atoms with Gasteiger partial charge < -0.3 is 10.1 Å². The molecule has 1 amide bonds. The molecule has 1 N–H and O–H groups in total. The van der Waals surface area contributed by atoms with E-state index in [9.17, 15) is 26.4 Å². The number of amides is 1. The third-order valence-corrected chi connectivity index (χ3v) is 4.84. The van der Waals surface area contributed by atoms with Crippen LogP contribution < -0.4 is 5.32 Å². The van der Waals surface area contributed by atoms with E-state index in [1.165, 1.54) is 13.8 Å². The first-order valence-corrected chi connectivity index (χ1v) is 11.5. The second kappa shape index (κ2) is 10.9. The molecule has 32 heavy (non-hydrogen) atoms. The Morgan fingerprint density at radius 3 is 2.25 bits per heavy atom. The number of hydrogen-bond donors (Lipinski definition) is 1. The first kappa shape index (κ1) is 25.8. The fourth-order valence-electron chi connectivity index (χ4n) is 2.87. The molecule has 0 aliphatic heterocycles. The molecule has 0 saturated carbocycles. The molecule has 0 aliphatic carbocycles. The maximum absolute atomic E-state index is 13.1. The van der Waals surface area contributed by atoms with Gasteiger partial charge in [0.15, 0.2) is 0 Å². The van der Waals surface area contributed by atoms with Crippen LogP contribution in [0.2, 0.25) is 0 Å². The molecule has 0 fully saturated rings. The largest absolute Gasteiger partial charge is 0.348 e. The quantitative estimate of drug-likeness (QED) is 0.394. The molecule has 7 nitrogen and oxygen atoms in total. The van der Waals surface area contributed by atoms with E-state index in [0.29, 0.717) is 11.3 Å². The number of aromatic nitrogens is 1. The van der Waals surface area contributed by atoms with Crippen LogP contribution in [-0.4, -0.2) is 44.4 Å². The summed E-state index contributed by atoms with van der Waals surface area (Å²) in [6.45, 7) is 1.95. The van der Waals surface area contributed by atoms with Crippen LogP contribution in [0.3, 0.4) is 0 Å². The van der Waals surface area contributed by atoms with Crippen LogP contribution in [0.15, 0.2) is 42.6 Å². The van der Waals surface area contributed by atoms with Gasteiger partial charge in [0, 0.05) is 18.2 Å². The van der Waals surface area contributed by atoms with Crippen molar-refractivity contribution in [3.05, 3.63) is 53.9 Å². The summed E-state index contributed by atoms with van der Waals surface area (Å²) in [4.78, 5) is 15.5. The summed E-state index contributed by atoms with van der Waals surface area (Å²) in [6, 6.07) is 10.3. The van der Waals surface area contributed by atoms with Gasteiger partial charge in [-0.25, -0.2) is 0 Å². The summed E-state index contributed by atoms with van der Waals surface area (Å²) in [7, 11) is -3.57. The maximum Gasteiger partial charge on any atom is 0.315 e. The fraction of sp³-hybridized carbons (Fsp3) is 0.429. The number of rotatable bonds is 11. The Hall–Kier alpha value is -2.50. The van der Waals surface area contributed by atoms with E-state index in [1.807, 2.05) is 0 Å². The smallest absolute Gasteiger partial charge is 0.315 e. The average Bonchev–Trinajstić information content (AvgIpc) is 2.71. The van der Waals surface area contributed by atoms with Crippen LogP contribution in [0.25, 0.3) is 11.1 Å². The summed E-state index contributed by atoms with van der Waals surface area (Å²) in [5.41, 5.74) is 1.17. The van der Waals surface area contributed by atoms with Crippen molar-refractivity contribution in [2.24, 2.45) is 0 Å². The van der Waals surface area contributed by atoms with Gasteiger partial charge in [-0.05, 0) is 31.0 Å². The molecule has 1 aromatic heterocycles. The van der Waals surface area contributed by atoms with Crippen molar-refractivity contribution < 1.29 is 35.3 Å². The Bertz CT molecular complexity index is 997. The number of carbonyl (C=O) groups is 1. The minimum absolute atomic E-state index is 0.0239. The zero-order chi connectivity index (χ0) is 23.9. The first-order chi connectivity index (χ1) is 14.9. The third-order valence-electron chi connectivity index (χ3n) is 4.29. The number of ether oxygens (including phenoxy) is 1. The van der Waals surface area contributed by atoms with Gasteiger partial charge in [-0.15, -0.1) is 0 Å². The molecular weight excluding hydrogens is 449 g/mol. The van der Waals surface area contributed by atoms with Crippen LogP contribution in [0.5, 0.6) is 0 Å². The molecule has 2 rings (SSSR count). The van der Waals surface area contributed by atoms with Gasteiger partial charge in [0.2, 0.25) is 0 Å². The molecular formula is C21H25F3N2O5S. The molecule has 1 atom stereocenters. The first-order valence-electron chi connectivity index (χ1n) is 9.64. The van der Waals surface area contributed by atoms with Crippen LogP contribution in [0, 0.1) is 0 Å². The number of nitrogens with zero attached hydrogens (tertiary/aromatic N) is 1. The lowest BCUT2D eigenvalue weighted by molar-refractivity contribution is -0.148. The lowest BCUT2D eigenvalue weighted by atomic mass is 10.0. The number of alkyl halides is 3. The summed E-state index contributed by atoms with van der Waals surface area (Å²) in [5.74, 6) is -1.47. The van der Waals surface area contributed by atoms with Gasteiger partial charge in [-0.2, -0.15) is 17.2 Å². The van der Waals surface area contributed by atoms with E-state index in [0.717, 1.165) is 17.4 Å². The van der Waals surface area contributed by atoms with Gasteiger partial charge in [-0.3, -0.25) is 18.4 Å². The number of benzene rings is 1. The zero-order valence-corrected chi connectivity index (χ0v) is 18.7. The second-order valence-corrected chi connectivity index (χ2v) is 9.15. The van der Waals surface area contributed by atoms with Crippen molar-refractivity contribution in [2.45, 2.75) is 45.1 Å². The number of nitrogens with one attached hydrogen (secondary N) is 1. The minimum Gasteiger partial charge on any atom is -0.348 e. The Morgan fingerprint density at radius 1 is 1.12 bits per heavy atom. The standard InChI is InChI=1S/C21H25F3N2O5S/c1-21(2,26-20(27)19(23)24)31-18(10-11-22)15-6-4-14(5-7-15)16-8-9-17(25-12-16)13-30-32(3,28)29/h4-9,12,18-19H,10-11,13H2,1-3H3,(H,26,27). The van der Waals surface area contributed by atoms with Gasteiger partial charge in [0.25, 0.3) is 16.0 Å². The van der Waals surface area contributed by atoms with E-state index in [2.05, 4.69) is 10.3 Å². The van der Waals surface area contributed by atoms with E-state index in [4.69, 9.17) is 8.92 Å². The van der Waals surface area contributed by atoms with Crippen molar-refractivity contribution in [1.29, 1.82) is 0 Å². The Morgan fingerprint density at radius 2 is 1.75 bits per heavy atom. The van der Waals surface area contributed by atoms with Crippen molar-refractivity contribution in [3.8, 4) is 11.1 Å². The lowest BCUT2D eigenvalue weighted by Crippen LogP contribution is -2.48. The topological polar surface area (TPSA) is 94.6 Å². The second-order valence-electron chi connectivity index (χ2n) is 7.51. The number of carbonyl (C=O) groups excluding carboxylic acids is 1. The van der Waals surface area contributed by atoms with Crippen molar-refractivity contribution in [1.82, 2.24) is 10.3 Å². The minimum atomic E-state index is -3.57. The molecule has 0 radical (unpaired) electrons. The predicted octanol–water partition coefficient (Wildman–Crippen LogP) is 3.76. The van der Waals surface area contributed by atoms with Crippen LogP contribution in [0.1, 0.15) is 37.6 Å². The van der Waals surface area contributed by atoms with E-state index < -0.39 is 41.0 Å². The molecule has 176 valence electrons. The third kappa shape index (κ3) is 8.21.